The van der Waals surface area contributed by atoms with Gasteiger partial charge in [-0.25, -0.2) is 0 Å². The number of ether oxygens (including phenoxy) is 1. The van der Waals surface area contributed by atoms with Gasteiger partial charge in [-0.15, -0.1) is 0 Å². The van der Waals surface area contributed by atoms with Crippen molar-refractivity contribution in [2.75, 3.05) is 6.54 Å². The number of rotatable bonds is 2. The quantitative estimate of drug-likeness (QED) is 0.828. The van der Waals surface area contributed by atoms with E-state index in [2.05, 4.69) is 10.6 Å². The minimum absolute atomic E-state index is 0.111. The van der Waals surface area contributed by atoms with Crippen molar-refractivity contribution in [3.63, 3.8) is 0 Å². The van der Waals surface area contributed by atoms with Crippen LogP contribution in [0.2, 0.25) is 0 Å². The van der Waals surface area contributed by atoms with Gasteiger partial charge in [-0.2, -0.15) is 0 Å². The normalized spacial score (nSPS) is 23.8. The number of likely N-dealkylation sites (tertiary alicyclic amines) is 1. The van der Waals surface area contributed by atoms with Crippen LogP contribution in [-0.2, 0) is 9.59 Å². The van der Waals surface area contributed by atoms with Gasteiger partial charge in [0.25, 0.3) is 5.91 Å². The highest BCUT2D eigenvalue weighted by Gasteiger charge is 2.43. The molecule has 2 aliphatic rings. The highest BCUT2D eigenvalue weighted by Crippen LogP contribution is 2.34. The summed E-state index contributed by atoms with van der Waals surface area (Å²) in [4.78, 5) is 39.2. The summed E-state index contributed by atoms with van der Waals surface area (Å²) in [7, 11) is 0. The second kappa shape index (κ2) is 6.87. The van der Waals surface area contributed by atoms with Gasteiger partial charge in [0.15, 0.2) is 5.72 Å². The molecule has 1 aromatic carbocycles. The van der Waals surface area contributed by atoms with Crippen LogP contribution < -0.4 is 15.4 Å². The Labute approximate surface area is 159 Å². The van der Waals surface area contributed by atoms with Crippen LogP contribution in [0.5, 0.6) is 5.75 Å². The molecule has 0 aromatic heterocycles. The van der Waals surface area contributed by atoms with E-state index in [0.29, 0.717) is 30.7 Å². The fourth-order valence-electron chi connectivity index (χ4n) is 3.51. The first-order chi connectivity index (χ1) is 12.6. The van der Waals surface area contributed by atoms with Gasteiger partial charge in [0, 0.05) is 31.3 Å². The summed E-state index contributed by atoms with van der Waals surface area (Å²) in [6.45, 7) is 7.77. The molecule has 3 rings (SSSR count). The zero-order valence-electron chi connectivity index (χ0n) is 16.3. The Bertz CT molecular complexity index is 771. The molecule has 146 valence electrons. The molecule has 2 atom stereocenters. The number of hydrogen-bond acceptors (Lipinski definition) is 4. The van der Waals surface area contributed by atoms with E-state index in [9.17, 15) is 14.4 Å². The van der Waals surface area contributed by atoms with Crippen LogP contribution in [0.3, 0.4) is 0 Å². The van der Waals surface area contributed by atoms with Crippen LogP contribution in [0.1, 0.15) is 57.3 Å². The van der Waals surface area contributed by atoms with Crippen molar-refractivity contribution >= 4 is 17.7 Å². The molecule has 0 bridgehead atoms. The number of carbonyl (C=O) groups is 3. The average Bonchev–Trinajstić information content (AvgIpc) is 2.73. The Morgan fingerprint density at radius 3 is 2.67 bits per heavy atom. The Kier molecular flexibility index (Phi) is 4.88. The molecule has 0 radical (unpaired) electrons. The first-order valence-corrected chi connectivity index (χ1v) is 9.32. The lowest BCUT2D eigenvalue weighted by molar-refractivity contribution is -0.140. The van der Waals surface area contributed by atoms with Crippen molar-refractivity contribution < 1.29 is 19.1 Å². The fraction of sp³-hybridized carbons (Fsp3) is 0.550. The van der Waals surface area contributed by atoms with Crippen molar-refractivity contribution in [1.29, 1.82) is 0 Å². The van der Waals surface area contributed by atoms with E-state index >= 15 is 0 Å². The van der Waals surface area contributed by atoms with E-state index in [1.165, 1.54) is 0 Å². The van der Waals surface area contributed by atoms with Gasteiger partial charge < -0.3 is 20.3 Å². The van der Waals surface area contributed by atoms with Gasteiger partial charge in [0.1, 0.15) is 11.8 Å². The molecule has 2 aliphatic heterocycles. The molecule has 1 fully saturated rings. The van der Waals surface area contributed by atoms with Crippen LogP contribution in [0.25, 0.3) is 0 Å². The van der Waals surface area contributed by atoms with E-state index in [1.807, 2.05) is 26.8 Å². The van der Waals surface area contributed by atoms with Gasteiger partial charge in [0.2, 0.25) is 11.8 Å². The molecule has 1 spiro atoms. The van der Waals surface area contributed by atoms with Crippen LogP contribution in [0.4, 0.5) is 0 Å². The minimum atomic E-state index is -0.921. The third kappa shape index (κ3) is 4.07. The highest BCUT2D eigenvalue weighted by atomic mass is 16.5. The summed E-state index contributed by atoms with van der Waals surface area (Å²) in [5.74, 6) is 0.0304. The first kappa shape index (κ1) is 19.2. The Balaban J connectivity index is 1.76. The SMILES string of the molecule is C[C@H](C(=O)NC(C)(C)C)N1CC[C@]2(CCC1=O)NC(=O)c1ccccc1O2. The number of para-hydroxylation sites is 1. The van der Waals surface area contributed by atoms with Crippen LogP contribution in [0, 0.1) is 0 Å². The Morgan fingerprint density at radius 1 is 1.26 bits per heavy atom. The number of hydrogen-bond donors (Lipinski definition) is 2. The molecule has 0 saturated carbocycles. The number of carbonyl (C=O) groups excluding carboxylic acids is 3. The van der Waals surface area contributed by atoms with Crippen molar-refractivity contribution in [2.45, 2.75) is 64.3 Å². The first-order valence-electron chi connectivity index (χ1n) is 9.32. The zero-order chi connectivity index (χ0) is 19.8. The monoisotopic (exact) mass is 373 g/mol. The second-order valence-electron chi connectivity index (χ2n) is 8.30. The van der Waals surface area contributed by atoms with Gasteiger partial charge >= 0.3 is 0 Å². The minimum Gasteiger partial charge on any atom is -0.467 e. The Morgan fingerprint density at radius 2 is 1.96 bits per heavy atom. The van der Waals surface area contributed by atoms with Crippen molar-refractivity contribution in [2.24, 2.45) is 0 Å². The van der Waals surface area contributed by atoms with Crippen LogP contribution in [-0.4, -0.2) is 46.5 Å². The molecule has 1 saturated heterocycles. The molecule has 1 aromatic rings. The summed E-state index contributed by atoms with van der Waals surface area (Å²) < 4.78 is 6.12. The maximum absolute atomic E-state index is 12.7. The summed E-state index contributed by atoms with van der Waals surface area (Å²) in [5.41, 5.74) is -0.796. The topological polar surface area (TPSA) is 87.7 Å². The smallest absolute Gasteiger partial charge is 0.258 e. The molecule has 7 heteroatoms. The fourth-order valence-corrected chi connectivity index (χ4v) is 3.51. The predicted molar refractivity (Wildman–Crippen MR) is 100 cm³/mol. The lowest BCUT2D eigenvalue weighted by atomic mass is 10.0. The standard InChI is InChI=1S/C20H27N3O4/c1-13(17(25)21-19(2,3)4)23-12-11-20(10-9-16(23)24)22-18(26)14-7-5-6-8-15(14)27-20/h5-8,13H,9-12H2,1-4H3,(H,21,25)(H,22,26)/t13-,20-/m1/s1. The Hall–Kier alpha value is -2.57. The average molecular weight is 373 g/mol. The summed E-state index contributed by atoms with van der Waals surface area (Å²) in [6, 6.07) is 6.49. The molecular weight excluding hydrogens is 346 g/mol. The lowest BCUT2D eigenvalue weighted by Crippen LogP contribution is -2.57. The maximum Gasteiger partial charge on any atom is 0.258 e. The number of amides is 3. The zero-order valence-corrected chi connectivity index (χ0v) is 16.3. The van der Waals surface area contributed by atoms with Gasteiger partial charge in [0.05, 0.1) is 5.56 Å². The summed E-state index contributed by atoms with van der Waals surface area (Å²) >= 11 is 0. The van der Waals surface area contributed by atoms with Crippen molar-refractivity contribution in [3.8, 4) is 5.75 Å². The molecule has 2 heterocycles. The molecule has 0 unspecified atom stereocenters. The van der Waals surface area contributed by atoms with Gasteiger partial charge in [-0.3, -0.25) is 14.4 Å². The third-order valence-electron chi connectivity index (χ3n) is 4.94. The van der Waals surface area contributed by atoms with Crippen LogP contribution in [0.15, 0.2) is 24.3 Å². The number of benzene rings is 1. The van der Waals surface area contributed by atoms with Gasteiger partial charge in [-0.05, 0) is 39.8 Å². The van der Waals surface area contributed by atoms with Gasteiger partial charge in [-0.1, -0.05) is 12.1 Å². The predicted octanol–water partition coefficient (Wildman–Crippen LogP) is 1.82. The lowest BCUT2D eigenvalue weighted by Gasteiger charge is -2.38. The molecule has 3 amide bonds. The number of nitrogens with zero attached hydrogens (tertiary/aromatic N) is 1. The van der Waals surface area contributed by atoms with Crippen LogP contribution >= 0.6 is 0 Å². The van der Waals surface area contributed by atoms with E-state index in [-0.39, 0.29) is 29.7 Å². The molecule has 7 nitrogen and oxygen atoms in total. The van der Waals surface area contributed by atoms with E-state index in [1.54, 1.807) is 30.0 Å². The molecular formula is C20H27N3O4. The second-order valence-corrected chi connectivity index (χ2v) is 8.30. The molecule has 27 heavy (non-hydrogen) atoms. The highest BCUT2D eigenvalue weighted by molar-refractivity contribution is 5.98. The molecule has 2 N–H and O–H groups in total. The van der Waals surface area contributed by atoms with E-state index in [4.69, 9.17) is 4.74 Å². The van der Waals surface area contributed by atoms with Crippen molar-refractivity contribution in [3.05, 3.63) is 29.8 Å². The number of nitrogens with one attached hydrogen (secondary N) is 2. The number of fused-ring (bicyclic) bond motifs is 1. The summed E-state index contributed by atoms with van der Waals surface area (Å²) in [5, 5.41) is 5.85. The maximum atomic E-state index is 12.7. The summed E-state index contributed by atoms with van der Waals surface area (Å²) in [6.07, 6.45) is 0.998. The third-order valence-corrected chi connectivity index (χ3v) is 4.94. The molecule has 0 aliphatic carbocycles. The van der Waals surface area contributed by atoms with E-state index < -0.39 is 11.8 Å². The largest absolute Gasteiger partial charge is 0.467 e. The van der Waals surface area contributed by atoms with E-state index in [0.717, 1.165) is 0 Å². The van der Waals surface area contributed by atoms with Crippen molar-refractivity contribution in [1.82, 2.24) is 15.5 Å².